The van der Waals surface area contributed by atoms with E-state index in [0.29, 0.717) is 17.7 Å². The van der Waals surface area contributed by atoms with Crippen molar-refractivity contribution in [3.63, 3.8) is 0 Å². The molecule has 0 fully saturated rings. The lowest BCUT2D eigenvalue weighted by atomic mass is 9.87. The number of carbonyl (C=O) groups is 1. The number of rotatable bonds is 6. The Hall–Kier alpha value is -2.29. The summed E-state index contributed by atoms with van der Waals surface area (Å²) in [6.07, 6.45) is 0.700. The van der Waals surface area contributed by atoms with Crippen LogP contribution in [0.3, 0.4) is 0 Å². The van der Waals surface area contributed by atoms with Crippen molar-refractivity contribution in [1.82, 2.24) is 10.0 Å². The number of thiocarbonyl (C=S) groups is 1. The Labute approximate surface area is 184 Å². The second kappa shape index (κ2) is 9.68. The third-order valence-corrected chi connectivity index (χ3v) is 6.44. The number of benzene rings is 2. The molecule has 6 nitrogen and oxygen atoms in total. The average Bonchev–Trinajstić information content (AvgIpc) is 2.67. The van der Waals surface area contributed by atoms with Gasteiger partial charge in [-0.3, -0.25) is 10.1 Å². The monoisotopic (exact) mass is 447 g/mol. The first kappa shape index (κ1) is 24.0. The van der Waals surface area contributed by atoms with Crippen LogP contribution >= 0.6 is 12.2 Å². The molecule has 0 spiro atoms. The van der Waals surface area contributed by atoms with Gasteiger partial charge in [-0.15, -0.1) is 0 Å². The van der Waals surface area contributed by atoms with E-state index in [1.165, 1.54) is 12.1 Å². The fraction of sp³-hybridized carbons (Fsp3) is 0.364. The predicted octanol–water partition coefficient (Wildman–Crippen LogP) is 4.19. The zero-order chi connectivity index (χ0) is 22.5. The molecule has 0 aromatic heterocycles. The third kappa shape index (κ3) is 6.62. The minimum Gasteiger partial charge on any atom is -0.332 e. The van der Waals surface area contributed by atoms with E-state index >= 15 is 0 Å². The molecule has 8 heteroatoms. The molecule has 0 saturated carbocycles. The molecule has 1 unspecified atom stereocenters. The van der Waals surface area contributed by atoms with Crippen molar-refractivity contribution in [2.75, 3.05) is 5.32 Å². The van der Waals surface area contributed by atoms with Gasteiger partial charge in [0.15, 0.2) is 5.11 Å². The minimum absolute atomic E-state index is 0.00953. The van der Waals surface area contributed by atoms with E-state index in [1.807, 2.05) is 26.0 Å². The lowest BCUT2D eigenvalue weighted by Gasteiger charge is -2.19. The van der Waals surface area contributed by atoms with Crippen molar-refractivity contribution in [3.8, 4) is 0 Å². The lowest BCUT2D eigenvalue weighted by Crippen LogP contribution is -2.34. The molecule has 3 N–H and O–H groups in total. The standard InChI is InChI=1S/C22H29N3O3S2/c1-6-15(2)25-30(27,28)19-13-11-18(12-14-19)23-21(29)24-20(26)16-7-9-17(10-8-16)22(3,4)5/h7-15,25H,6H2,1-5H3,(H2,23,24,26,29). The lowest BCUT2D eigenvalue weighted by molar-refractivity contribution is 0.0977. The summed E-state index contributed by atoms with van der Waals surface area (Å²) in [7, 11) is -3.57. The van der Waals surface area contributed by atoms with Crippen molar-refractivity contribution in [1.29, 1.82) is 0 Å². The van der Waals surface area contributed by atoms with Crippen LogP contribution in [0.25, 0.3) is 0 Å². The van der Waals surface area contributed by atoms with Gasteiger partial charge in [0.25, 0.3) is 5.91 Å². The Bertz CT molecular complexity index is 993. The highest BCUT2D eigenvalue weighted by Crippen LogP contribution is 2.22. The van der Waals surface area contributed by atoms with Crippen molar-refractivity contribution in [2.24, 2.45) is 0 Å². The number of hydrogen-bond acceptors (Lipinski definition) is 4. The number of sulfonamides is 1. The summed E-state index contributed by atoms with van der Waals surface area (Å²) in [4.78, 5) is 12.6. The minimum atomic E-state index is -3.57. The summed E-state index contributed by atoms with van der Waals surface area (Å²) < 4.78 is 27.2. The first-order valence-corrected chi connectivity index (χ1v) is 11.7. The normalized spacial score (nSPS) is 12.8. The molecule has 2 rings (SSSR count). The third-order valence-electron chi connectivity index (χ3n) is 4.63. The Balaban J connectivity index is 1.98. The Kier molecular flexibility index (Phi) is 7.74. The first-order valence-electron chi connectivity index (χ1n) is 9.77. The first-order chi connectivity index (χ1) is 13.9. The number of nitrogens with one attached hydrogen (secondary N) is 3. The van der Waals surface area contributed by atoms with Crippen LogP contribution in [0.1, 0.15) is 57.0 Å². The van der Waals surface area contributed by atoms with Crippen LogP contribution in [0.15, 0.2) is 53.4 Å². The highest BCUT2D eigenvalue weighted by atomic mass is 32.2. The van der Waals surface area contributed by atoms with Gasteiger partial charge in [0.1, 0.15) is 0 Å². The van der Waals surface area contributed by atoms with Crippen LogP contribution in [0.2, 0.25) is 0 Å². The molecule has 30 heavy (non-hydrogen) atoms. The molecule has 2 aromatic carbocycles. The maximum atomic E-state index is 12.4. The fourth-order valence-corrected chi connectivity index (χ4v) is 4.13. The molecule has 0 bridgehead atoms. The van der Waals surface area contributed by atoms with Crippen molar-refractivity contribution in [3.05, 3.63) is 59.7 Å². The van der Waals surface area contributed by atoms with Crippen LogP contribution in [-0.4, -0.2) is 25.5 Å². The number of hydrogen-bond donors (Lipinski definition) is 3. The van der Waals surface area contributed by atoms with E-state index in [4.69, 9.17) is 12.2 Å². The van der Waals surface area contributed by atoms with Crippen molar-refractivity contribution >= 4 is 38.9 Å². The summed E-state index contributed by atoms with van der Waals surface area (Å²) >= 11 is 5.20. The second-order valence-electron chi connectivity index (χ2n) is 8.19. The molecule has 162 valence electrons. The zero-order valence-electron chi connectivity index (χ0n) is 17.9. The molecule has 0 heterocycles. The topological polar surface area (TPSA) is 87.3 Å². The Morgan fingerprint density at radius 1 is 1.03 bits per heavy atom. The largest absolute Gasteiger partial charge is 0.332 e. The number of anilines is 1. The van der Waals surface area contributed by atoms with Gasteiger partial charge in [-0.05, 0) is 72.9 Å². The highest BCUT2D eigenvalue weighted by Gasteiger charge is 2.17. The fourth-order valence-electron chi connectivity index (χ4n) is 2.59. The Morgan fingerprint density at radius 3 is 2.10 bits per heavy atom. The van der Waals surface area contributed by atoms with Gasteiger partial charge in [-0.25, -0.2) is 13.1 Å². The van der Waals surface area contributed by atoms with E-state index in [-0.39, 0.29) is 27.4 Å². The molecule has 0 aliphatic heterocycles. The summed E-state index contributed by atoms with van der Waals surface area (Å²) in [5, 5.41) is 5.66. The molecule has 0 aliphatic carbocycles. The molecular formula is C22H29N3O3S2. The Morgan fingerprint density at radius 2 is 1.60 bits per heavy atom. The number of carbonyl (C=O) groups excluding carboxylic acids is 1. The average molecular weight is 448 g/mol. The van der Waals surface area contributed by atoms with Crippen LogP contribution in [0.5, 0.6) is 0 Å². The van der Waals surface area contributed by atoms with Crippen LogP contribution in [0, 0.1) is 0 Å². The zero-order valence-corrected chi connectivity index (χ0v) is 19.6. The van der Waals surface area contributed by atoms with Crippen LogP contribution in [-0.2, 0) is 15.4 Å². The molecular weight excluding hydrogens is 418 g/mol. The summed E-state index contributed by atoms with van der Waals surface area (Å²) in [6, 6.07) is 13.4. The van der Waals surface area contributed by atoms with Gasteiger partial charge in [0.05, 0.1) is 4.90 Å². The predicted molar refractivity (Wildman–Crippen MR) is 125 cm³/mol. The van der Waals surface area contributed by atoms with E-state index in [2.05, 4.69) is 36.1 Å². The van der Waals surface area contributed by atoms with Crippen molar-refractivity contribution < 1.29 is 13.2 Å². The summed E-state index contributed by atoms with van der Waals surface area (Å²) in [5.41, 5.74) is 2.23. The van der Waals surface area contributed by atoms with Gasteiger partial charge in [0, 0.05) is 17.3 Å². The van der Waals surface area contributed by atoms with Gasteiger partial charge < -0.3 is 5.32 Å². The van der Waals surface area contributed by atoms with E-state index in [9.17, 15) is 13.2 Å². The van der Waals surface area contributed by atoms with Gasteiger partial charge in [0.2, 0.25) is 10.0 Å². The van der Waals surface area contributed by atoms with Crippen molar-refractivity contribution in [2.45, 2.75) is 57.4 Å². The summed E-state index contributed by atoms with van der Waals surface area (Å²) in [5.74, 6) is -0.315. The second-order valence-corrected chi connectivity index (χ2v) is 10.3. The molecule has 2 aromatic rings. The van der Waals surface area contributed by atoms with Gasteiger partial charge >= 0.3 is 0 Å². The molecule has 0 aliphatic rings. The molecule has 0 radical (unpaired) electrons. The van der Waals surface area contributed by atoms with Crippen LogP contribution < -0.4 is 15.4 Å². The SMILES string of the molecule is CCC(C)NS(=O)(=O)c1ccc(NC(=S)NC(=O)c2ccc(C(C)(C)C)cc2)cc1. The number of amides is 1. The highest BCUT2D eigenvalue weighted by molar-refractivity contribution is 7.89. The quantitative estimate of drug-likeness (QED) is 0.578. The van der Waals surface area contributed by atoms with E-state index < -0.39 is 10.0 Å². The van der Waals surface area contributed by atoms with Gasteiger partial charge in [-0.2, -0.15) is 0 Å². The van der Waals surface area contributed by atoms with E-state index in [0.717, 1.165) is 5.56 Å². The van der Waals surface area contributed by atoms with Crippen LogP contribution in [0.4, 0.5) is 5.69 Å². The molecule has 1 amide bonds. The maximum Gasteiger partial charge on any atom is 0.257 e. The maximum absolute atomic E-state index is 12.4. The molecule has 1 atom stereocenters. The van der Waals surface area contributed by atoms with Gasteiger partial charge in [-0.1, -0.05) is 39.8 Å². The van der Waals surface area contributed by atoms with E-state index in [1.54, 1.807) is 24.3 Å². The smallest absolute Gasteiger partial charge is 0.257 e. The molecule has 0 saturated heterocycles. The summed E-state index contributed by atoms with van der Waals surface area (Å²) in [6.45, 7) is 10.0.